The van der Waals surface area contributed by atoms with Crippen molar-refractivity contribution < 1.29 is 9.59 Å². The summed E-state index contributed by atoms with van der Waals surface area (Å²) < 4.78 is 0. The molecule has 4 aromatic carbocycles. The first-order valence-electron chi connectivity index (χ1n) is 11.2. The summed E-state index contributed by atoms with van der Waals surface area (Å²) in [5, 5.41) is 6.61. The Kier molecular flexibility index (Phi) is 8.24. The van der Waals surface area contributed by atoms with Crippen molar-refractivity contribution in [3.05, 3.63) is 130 Å². The standard InChI is InChI=1S/C29H25ClN2O2S/c1-20(22-7-3-2-4-8-22)31-29(34)26-9-5-6-10-27(26)32-28(33)23-13-11-21(12-14-23)19-35-25-17-15-24(30)16-18-25/h2-18,20H,19H2,1H3,(H,31,34)(H,32,33)/t20-/m1/s1. The summed E-state index contributed by atoms with van der Waals surface area (Å²) >= 11 is 7.64. The lowest BCUT2D eigenvalue weighted by Crippen LogP contribution is -2.28. The van der Waals surface area contributed by atoms with Crippen molar-refractivity contribution >= 4 is 40.9 Å². The van der Waals surface area contributed by atoms with Crippen LogP contribution in [0, 0.1) is 0 Å². The Balaban J connectivity index is 1.39. The number of carbonyl (C=O) groups is 2. The van der Waals surface area contributed by atoms with E-state index in [0.29, 0.717) is 16.8 Å². The Morgan fingerprint density at radius 1 is 0.800 bits per heavy atom. The van der Waals surface area contributed by atoms with Crippen molar-refractivity contribution in [2.24, 2.45) is 0 Å². The van der Waals surface area contributed by atoms with E-state index in [4.69, 9.17) is 11.6 Å². The van der Waals surface area contributed by atoms with Gasteiger partial charge in [-0.15, -0.1) is 11.8 Å². The van der Waals surface area contributed by atoms with Gasteiger partial charge in [-0.1, -0.05) is 66.2 Å². The fourth-order valence-corrected chi connectivity index (χ4v) is 4.51. The summed E-state index contributed by atoms with van der Waals surface area (Å²) in [5.74, 6) is 0.275. The second-order valence-electron chi connectivity index (χ2n) is 8.05. The largest absolute Gasteiger partial charge is 0.345 e. The third-order valence-electron chi connectivity index (χ3n) is 5.50. The molecule has 0 aliphatic carbocycles. The molecule has 6 heteroatoms. The van der Waals surface area contributed by atoms with Crippen LogP contribution in [0.15, 0.2) is 108 Å². The van der Waals surface area contributed by atoms with Crippen LogP contribution in [0.25, 0.3) is 0 Å². The SMILES string of the molecule is C[C@@H](NC(=O)c1ccccc1NC(=O)c1ccc(CSc2ccc(Cl)cc2)cc1)c1ccccc1. The Morgan fingerprint density at radius 2 is 1.46 bits per heavy atom. The van der Waals surface area contributed by atoms with Gasteiger partial charge in [0.15, 0.2) is 0 Å². The fraction of sp³-hybridized carbons (Fsp3) is 0.103. The molecule has 0 spiro atoms. The first kappa shape index (κ1) is 24.6. The summed E-state index contributed by atoms with van der Waals surface area (Å²) in [4.78, 5) is 27.0. The lowest BCUT2D eigenvalue weighted by molar-refractivity contribution is 0.0940. The monoisotopic (exact) mass is 500 g/mol. The lowest BCUT2D eigenvalue weighted by Gasteiger charge is -2.16. The zero-order valence-corrected chi connectivity index (χ0v) is 20.8. The molecule has 2 N–H and O–H groups in total. The molecule has 176 valence electrons. The average molecular weight is 501 g/mol. The molecule has 0 radical (unpaired) electrons. The maximum atomic E-state index is 12.9. The normalized spacial score (nSPS) is 11.5. The van der Waals surface area contributed by atoms with Gasteiger partial charge in [-0.05, 0) is 66.6 Å². The van der Waals surface area contributed by atoms with E-state index in [2.05, 4.69) is 10.6 Å². The molecule has 0 unspecified atom stereocenters. The van der Waals surface area contributed by atoms with Gasteiger partial charge in [-0.3, -0.25) is 9.59 Å². The highest BCUT2D eigenvalue weighted by atomic mass is 35.5. The zero-order valence-electron chi connectivity index (χ0n) is 19.2. The van der Waals surface area contributed by atoms with Crippen molar-refractivity contribution in [1.29, 1.82) is 0 Å². The van der Waals surface area contributed by atoms with E-state index in [9.17, 15) is 9.59 Å². The number of hydrogen-bond donors (Lipinski definition) is 2. The van der Waals surface area contributed by atoms with Crippen molar-refractivity contribution in [3.63, 3.8) is 0 Å². The zero-order chi connectivity index (χ0) is 24.6. The third-order valence-corrected chi connectivity index (χ3v) is 6.84. The van der Waals surface area contributed by atoms with E-state index in [1.807, 2.05) is 73.7 Å². The van der Waals surface area contributed by atoms with Crippen LogP contribution in [0.1, 0.15) is 44.8 Å². The van der Waals surface area contributed by atoms with E-state index < -0.39 is 0 Å². The van der Waals surface area contributed by atoms with Gasteiger partial charge in [0, 0.05) is 21.2 Å². The summed E-state index contributed by atoms with van der Waals surface area (Å²) in [6, 6.07) is 31.8. The highest BCUT2D eigenvalue weighted by molar-refractivity contribution is 7.98. The maximum absolute atomic E-state index is 12.9. The van der Waals surface area contributed by atoms with Gasteiger partial charge in [-0.25, -0.2) is 0 Å². The maximum Gasteiger partial charge on any atom is 0.255 e. The fourth-order valence-electron chi connectivity index (χ4n) is 3.53. The second kappa shape index (κ2) is 11.7. The molecule has 0 aliphatic heterocycles. The molecule has 2 amide bonds. The number of para-hydroxylation sites is 1. The predicted octanol–water partition coefficient (Wildman–Crippen LogP) is 7.38. The van der Waals surface area contributed by atoms with Gasteiger partial charge in [0.1, 0.15) is 0 Å². The summed E-state index contributed by atoms with van der Waals surface area (Å²) in [6.07, 6.45) is 0. The van der Waals surface area contributed by atoms with E-state index in [0.717, 1.165) is 26.8 Å². The number of nitrogens with one attached hydrogen (secondary N) is 2. The number of halogens is 1. The van der Waals surface area contributed by atoms with E-state index in [-0.39, 0.29) is 17.9 Å². The van der Waals surface area contributed by atoms with E-state index in [1.54, 1.807) is 48.2 Å². The van der Waals surface area contributed by atoms with Gasteiger partial charge < -0.3 is 10.6 Å². The van der Waals surface area contributed by atoms with Crippen molar-refractivity contribution in [2.75, 3.05) is 5.32 Å². The minimum Gasteiger partial charge on any atom is -0.345 e. The van der Waals surface area contributed by atoms with E-state index in [1.165, 1.54) is 0 Å². The molecular weight excluding hydrogens is 476 g/mol. The summed E-state index contributed by atoms with van der Waals surface area (Å²) in [5.41, 5.74) is 3.53. The van der Waals surface area contributed by atoms with Crippen LogP contribution in [-0.4, -0.2) is 11.8 Å². The smallest absolute Gasteiger partial charge is 0.255 e. The quantitative estimate of drug-likeness (QED) is 0.248. The van der Waals surface area contributed by atoms with Gasteiger partial charge in [0.25, 0.3) is 11.8 Å². The molecule has 0 aliphatic rings. The van der Waals surface area contributed by atoms with Gasteiger partial charge in [0.2, 0.25) is 0 Å². The minimum absolute atomic E-state index is 0.161. The second-order valence-corrected chi connectivity index (χ2v) is 9.53. The molecule has 1 atom stereocenters. The molecule has 0 fully saturated rings. The number of anilines is 1. The molecule has 35 heavy (non-hydrogen) atoms. The minimum atomic E-state index is -0.265. The number of carbonyl (C=O) groups excluding carboxylic acids is 2. The highest BCUT2D eigenvalue weighted by Gasteiger charge is 2.16. The Hall–Kier alpha value is -3.54. The topological polar surface area (TPSA) is 58.2 Å². The van der Waals surface area contributed by atoms with Gasteiger partial charge >= 0.3 is 0 Å². The van der Waals surface area contributed by atoms with Crippen LogP contribution in [0.3, 0.4) is 0 Å². The number of rotatable bonds is 8. The number of thioether (sulfide) groups is 1. The van der Waals surface area contributed by atoms with Crippen LogP contribution in [0.2, 0.25) is 5.02 Å². The molecule has 4 rings (SSSR count). The Labute approximate surface area is 214 Å². The molecule has 0 aromatic heterocycles. The van der Waals surface area contributed by atoms with E-state index >= 15 is 0 Å². The number of hydrogen-bond acceptors (Lipinski definition) is 3. The molecule has 4 aromatic rings. The highest BCUT2D eigenvalue weighted by Crippen LogP contribution is 2.25. The lowest BCUT2D eigenvalue weighted by atomic mass is 10.1. The molecule has 0 saturated carbocycles. The van der Waals surface area contributed by atoms with Crippen molar-refractivity contribution in [3.8, 4) is 0 Å². The Morgan fingerprint density at radius 3 is 2.17 bits per heavy atom. The van der Waals surface area contributed by atoms with Gasteiger partial charge in [0.05, 0.1) is 17.3 Å². The first-order chi connectivity index (χ1) is 17.0. The molecular formula is C29H25ClN2O2S. The molecule has 0 saturated heterocycles. The molecule has 4 nitrogen and oxygen atoms in total. The average Bonchev–Trinajstić information content (AvgIpc) is 2.89. The van der Waals surface area contributed by atoms with Crippen LogP contribution in [0.4, 0.5) is 5.69 Å². The van der Waals surface area contributed by atoms with Crippen LogP contribution in [0.5, 0.6) is 0 Å². The Bertz CT molecular complexity index is 1290. The van der Waals surface area contributed by atoms with Crippen molar-refractivity contribution in [1.82, 2.24) is 5.32 Å². The summed E-state index contributed by atoms with van der Waals surface area (Å²) in [7, 11) is 0. The van der Waals surface area contributed by atoms with Gasteiger partial charge in [-0.2, -0.15) is 0 Å². The van der Waals surface area contributed by atoms with Crippen LogP contribution >= 0.6 is 23.4 Å². The van der Waals surface area contributed by atoms with Crippen molar-refractivity contribution in [2.45, 2.75) is 23.6 Å². The van der Waals surface area contributed by atoms with Crippen LogP contribution < -0.4 is 10.6 Å². The molecule has 0 heterocycles. The third kappa shape index (κ3) is 6.75. The number of benzene rings is 4. The first-order valence-corrected chi connectivity index (χ1v) is 12.6. The number of amides is 2. The predicted molar refractivity (Wildman–Crippen MR) is 144 cm³/mol. The summed E-state index contributed by atoms with van der Waals surface area (Å²) in [6.45, 7) is 1.93. The van der Waals surface area contributed by atoms with Crippen LogP contribution in [-0.2, 0) is 5.75 Å². The molecule has 0 bridgehead atoms.